The zero-order valence-electron chi connectivity index (χ0n) is 24.0. The summed E-state index contributed by atoms with van der Waals surface area (Å²) in [5, 5.41) is 16.2. The van der Waals surface area contributed by atoms with Crippen molar-refractivity contribution < 1.29 is 19.5 Å². The Morgan fingerprint density at radius 3 is 2.32 bits per heavy atom. The fraction of sp³-hybridized carbons (Fsp3) is 0.586. The van der Waals surface area contributed by atoms with Crippen LogP contribution in [0, 0.1) is 12.3 Å². The number of hydrogen-bond acceptors (Lipinski definition) is 6. The highest BCUT2D eigenvalue weighted by molar-refractivity contribution is 7.13. The number of amides is 3. The molecule has 3 N–H and O–H groups in total. The quantitative estimate of drug-likeness (QED) is 0.509. The van der Waals surface area contributed by atoms with Crippen molar-refractivity contribution in [3.63, 3.8) is 0 Å². The predicted molar refractivity (Wildman–Crippen MR) is 151 cm³/mol. The van der Waals surface area contributed by atoms with Gasteiger partial charge in [0, 0.05) is 19.9 Å². The Morgan fingerprint density at radius 2 is 1.79 bits per heavy atom. The highest BCUT2D eigenvalue weighted by Crippen LogP contribution is 2.38. The fourth-order valence-corrected chi connectivity index (χ4v) is 5.77. The van der Waals surface area contributed by atoms with Gasteiger partial charge in [0.2, 0.25) is 17.7 Å². The minimum absolute atomic E-state index is 0.0501. The summed E-state index contributed by atoms with van der Waals surface area (Å²) in [6.45, 7) is 17.4. The highest BCUT2D eigenvalue weighted by Gasteiger charge is 2.44. The molecule has 0 spiro atoms. The number of carbonyl (C=O) groups excluding carboxylic acids is 3. The third-order valence-electron chi connectivity index (χ3n) is 7.03. The summed E-state index contributed by atoms with van der Waals surface area (Å²) < 4.78 is 0. The second-order valence-corrected chi connectivity index (χ2v) is 13.3. The van der Waals surface area contributed by atoms with Gasteiger partial charge in [0.1, 0.15) is 12.1 Å². The average molecular weight is 543 g/mol. The van der Waals surface area contributed by atoms with Gasteiger partial charge in [-0.15, -0.1) is 11.3 Å². The molecular weight excluding hydrogens is 500 g/mol. The number of benzene rings is 1. The lowest BCUT2D eigenvalue weighted by Crippen LogP contribution is -2.57. The van der Waals surface area contributed by atoms with E-state index < -0.39 is 23.6 Å². The van der Waals surface area contributed by atoms with E-state index in [2.05, 4.69) is 48.5 Å². The monoisotopic (exact) mass is 542 g/mol. The average Bonchev–Trinajstić information content (AvgIpc) is 3.40. The first-order valence-electron chi connectivity index (χ1n) is 13.1. The summed E-state index contributed by atoms with van der Waals surface area (Å²) in [6.07, 6.45) is -0.657. The van der Waals surface area contributed by atoms with E-state index in [0.717, 1.165) is 21.7 Å². The van der Waals surface area contributed by atoms with E-state index in [0.29, 0.717) is 0 Å². The maximum atomic E-state index is 13.5. The highest BCUT2D eigenvalue weighted by atomic mass is 32.1. The Hall–Kier alpha value is -2.78. The Bertz CT molecular complexity index is 1190. The molecule has 1 aliphatic rings. The van der Waals surface area contributed by atoms with E-state index in [1.807, 2.05) is 46.2 Å². The van der Waals surface area contributed by atoms with Gasteiger partial charge in [0.15, 0.2) is 0 Å². The normalized spacial score (nSPS) is 19.7. The molecule has 2 aromatic rings. The molecule has 38 heavy (non-hydrogen) atoms. The fourth-order valence-electron chi connectivity index (χ4n) is 4.93. The number of aromatic nitrogens is 1. The number of aliphatic hydroxyl groups excluding tert-OH is 1. The van der Waals surface area contributed by atoms with Gasteiger partial charge in [-0.3, -0.25) is 14.4 Å². The molecule has 2 heterocycles. The lowest BCUT2D eigenvalue weighted by atomic mass is 9.81. The molecule has 1 aromatic heterocycles. The standard InChI is InChI=1S/C29H42N4O4S/c1-16(19-10-11-21(22(12-19)28(4,5)6)24-17(2)30-15-38-24)31-26(36)23-13-20(35)14-33(23)27(37)25(29(7,8)9)32-18(3)34/h10-12,15-16,20,23,25,35H,13-14H2,1-9H3,(H,31,36)(H,32,34)/t16-,20+,23-,25+/m0/s1. The van der Waals surface area contributed by atoms with Crippen LogP contribution in [0.5, 0.6) is 0 Å². The van der Waals surface area contributed by atoms with Gasteiger partial charge in [-0.2, -0.15) is 0 Å². The van der Waals surface area contributed by atoms with Crippen molar-refractivity contribution >= 4 is 29.1 Å². The lowest BCUT2D eigenvalue weighted by Gasteiger charge is -2.35. The molecule has 9 heteroatoms. The first-order valence-corrected chi connectivity index (χ1v) is 14.0. The number of rotatable bonds is 6. The summed E-state index contributed by atoms with van der Waals surface area (Å²) >= 11 is 1.62. The summed E-state index contributed by atoms with van der Waals surface area (Å²) in [6, 6.07) is 4.31. The summed E-state index contributed by atoms with van der Waals surface area (Å²) in [7, 11) is 0. The number of aliphatic hydroxyl groups is 1. The molecule has 0 aliphatic carbocycles. The van der Waals surface area contributed by atoms with Crippen LogP contribution >= 0.6 is 11.3 Å². The van der Waals surface area contributed by atoms with Gasteiger partial charge >= 0.3 is 0 Å². The molecule has 1 aromatic carbocycles. The van der Waals surface area contributed by atoms with Crippen LogP contribution in [0.3, 0.4) is 0 Å². The van der Waals surface area contributed by atoms with Gasteiger partial charge in [0.25, 0.3) is 0 Å². The van der Waals surface area contributed by atoms with Crippen LogP contribution in [0.25, 0.3) is 10.4 Å². The van der Waals surface area contributed by atoms with Crippen LogP contribution < -0.4 is 10.6 Å². The molecule has 8 nitrogen and oxygen atoms in total. The van der Waals surface area contributed by atoms with Gasteiger partial charge in [-0.1, -0.05) is 59.7 Å². The van der Waals surface area contributed by atoms with Crippen LogP contribution in [-0.4, -0.2) is 57.4 Å². The number of nitrogens with one attached hydrogen (secondary N) is 2. The van der Waals surface area contributed by atoms with Crippen LogP contribution in [0.2, 0.25) is 0 Å². The number of carbonyl (C=O) groups is 3. The van der Waals surface area contributed by atoms with E-state index in [-0.39, 0.29) is 42.1 Å². The second-order valence-electron chi connectivity index (χ2n) is 12.4. The Labute approximate surface area is 230 Å². The molecule has 1 saturated heterocycles. The Kier molecular flexibility index (Phi) is 8.73. The van der Waals surface area contributed by atoms with Crippen molar-refractivity contribution in [2.24, 2.45) is 5.41 Å². The smallest absolute Gasteiger partial charge is 0.246 e. The molecule has 0 unspecified atom stereocenters. The van der Waals surface area contributed by atoms with Crippen LogP contribution in [-0.2, 0) is 19.8 Å². The SMILES string of the molecule is CC(=O)N[C@H](C(=O)N1C[C@H](O)C[C@H]1C(=O)N[C@@H](C)c1ccc(-c2scnc2C)c(C(C)(C)C)c1)C(C)(C)C. The van der Waals surface area contributed by atoms with E-state index in [1.54, 1.807) is 11.3 Å². The number of hydrogen-bond donors (Lipinski definition) is 3. The van der Waals surface area contributed by atoms with Crippen molar-refractivity contribution in [2.75, 3.05) is 6.54 Å². The first-order chi connectivity index (χ1) is 17.5. The number of nitrogens with zero attached hydrogens (tertiary/aromatic N) is 2. The molecule has 0 saturated carbocycles. The molecule has 1 aliphatic heterocycles. The Morgan fingerprint density at radius 1 is 1.13 bits per heavy atom. The molecule has 0 radical (unpaired) electrons. The molecule has 0 bridgehead atoms. The maximum Gasteiger partial charge on any atom is 0.246 e. The van der Waals surface area contributed by atoms with E-state index in [1.165, 1.54) is 17.4 Å². The van der Waals surface area contributed by atoms with Crippen molar-refractivity contribution in [1.82, 2.24) is 20.5 Å². The minimum Gasteiger partial charge on any atom is -0.391 e. The largest absolute Gasteiger partial charge is 0.391 e. The van der Waals surface area contributed by atoms with Crippen LogP contribution in [0.4, 0.5) is 0 Å². The third-order valence-corrected chi connectivity index (χ3v) is 7.99. The van der Waals surface area contributed by atoms with Crippen LogP contribution in [0.1, 0.15) is 84.7 Å². The topological polar surface area (TPSA) is 112 Å². The third kappa shape index (κ3) is 6.61. The second kappa shape index (κ2) is 11.1. The molecule has 1 fully saturated rings. The van der Waals surface area contributed by atoms with Gasteiger partial charge in [-0.25, -0.2) is 4.98 Å². The van der Waals surface area contributed by atoms with Gasteiger partial charge in [0.05, 0.1) is 28.2 Å². The summed E-state index contributed by atoms with van der Waals surface area (Å²) in [5.74, 6) is -1.01. The zero-order valence-corrected chi connectivity index (χ0v) is 24.8. The van der Waals surface area contributed by atoms with Crippen molar-refractivity contribution in [3.8, 4) is 10.4 Å². The maximum absolute atomic E-state index is 13.5. The van der Waals surface area contributed by atoms with Crippen LogP contribution in [0.15, 0.2) is 23.7 Å². The van der Waals surface area contributed by atoms with E-state index in [4.69, 9.17) is 0 Å². The summed E-state index contributed by atoms with van der Waals surface area (Å²) in [5.41, 5.74) is 5.42. The predicted octanol–water partition coefficient (Wildman–Crippen LogP) is 4.11. The minimum atomic E-state index is -0.820. The lowest BCUT2D eigenvalue weighted by molar-refractivity contribution is -0.144. The number of likely N-dealkylation sites (tertiary alicyclic amines) is 1. The molecule has 4 atom stereocenters. The molecular formula is C29H42N4O4S. The van der Waals surface area contributed by atoms with Crippen molar-refractivity contribution in [2.45, 2.75) is 98.4 Å². The van der Waals surface area contributed by atoms with E-state index >= 15 is 0 Å². The number of β-amino-alcohol motifs (C(OH)–C–C–N with tert-alkyl or cyclic N) is 1. The number of thiazole rings is 1. The van der Waals surface area contributed by atoms with E-state index in [9.17, 15) is 19.5 Å². The molecule has 208 valence electrons. The van der Waals surface area contributed by atoms with Gasteiger partial charge in [-0.05, 0) is 41.4 Å². The van der Waals surface area contributed by atoms with Crippen molar-refractivity contribution in [1.29, 1.82) is 0 Å². The Balaban J connectivity index is 1.85. The number of aryl methyl sites for hydroxylation is 1. The first kappa shape index (κ1) is 29.8. The van der Waals surface area contributed by atoms with Crippen molar-refractivity contribution in [3.05, 3.63) is 40.5 Å². The molecule has 3 rings (SSSR count). The zero-order chi connectivity index (χ0) is 28.6. The van der Waals surface area contributed by atoms with Gasteiger partial charge < -0.3 is 20.6 Å². The summed E-state index contributed by atoms with van der Waals surface area (Å²) in [4.78, 5) is 45.7. The molecule has 3 amide bonds.